The average Bonchev–Trinajstić information content (AvgIpc) is 2.86. The predicted molar refractivity (Wildman–Crippen MR) is 151 cm³/mol. The molecule has 3 heterocycles. The number of rotatable bonds is 10. The molecule has 4 rings (SSSR count). The summed E-state index contributed by atoms with van der Waals surface area (Å²) in [4.78, 5) is 24.4. The minimum absolute atomic E-state index is 0.136. The molecule has 0 unspecified atom stereocenters. The first-order valence-electron chi connectivity index (χ1n) is 12.1. The van der Waals surface area contributed by atoms with Crippen molar-refractivity contribution in [2.75, 3.05) is 22.4 Å². The molecule has 0 aliphatic carbocycles. The van der Waals surface area contributed by atoms with Gasteiger partial charge >= 0.3 is 0 Å². The van der Waals surface area contributed by atoms with Crippen LogP contribution < -0.4 is 19.9 Å². The summed E-state index contributed by atoms with van der Waals surface area (Å²) in [6.07, 6.45) is 4.41. The van der Waals surface area contributed by atoms with Crippen molar-refractivity contribution in [2.45, 2.75) is 33.4 Å². The number of anilines is 2. The molecule has 0 aliphatic rings. The van der Waals surface area contributed by atoms with Gasteiger partial charge in [0.05, 0.1) is 34.2 Å². The van der Waals surface area contributed by atoms with Crippen molar-refractivity contribution in [3.8, 4) is 5.75 Å². The Morgan fingerprint density at radius 3 is 2.55 bits per heavy atom. The largest absolute Gasteiger partial charge is 0.486 e. The molecular weight excluding hydrogens is 526 g/mol. The maximum Gasteiger partial charge on any atom is 0.253 e. The quantitative estimate of drug-likeness (QED) is 0.278. The fourth-order valence-corrected chi connectivity index (χ4v) is 5.30. The van der Waals surface area contributed by atoms with Gasteiger partial charge < -0.3 is 15.0 Å². The van der Waals surface area contributed by atoms with E-state index in [0.717, 1.165) is 11.1 Å². The Labute approximate surface area is 226 Å². The molecule has 1 aromatic carbocycles. The Hall–Kier alpha value is -3.63. The second kappa shape index (κ2) is 11.4. The summed E-state index contributed by atoms with van der Waals surface area (Å²) >= 11 is 6.47. The molecule has 0 fully saturated rings. The number of nitrogens with zero attached hydrogens (tertiary/aromatic N) is 3. The highest BCUT2D eigenvalue weighted by molar-refractivity contribution is 7.92. The second-order valence-corrected chi connectivity index (χ2v) is 11.8. The van der Waals surface area contributed by atoms with Gasteiger partial charge in [0.1, 0.15) is 18.2 Å². The van der Waals surface area contributed by atoms with E-state index in [1.165, 1.54) is 10.6 Å². The fourth-order valence-electron chi connectivity index (χ4n) is 4.01. The van der Waals surface area contributed by atoms with Crippen molar-refractivity contribution < 1.29 is 13.2 Å². The van der Waals surface area contributed by atoms with Crippen molar-refractivity contribution in [1.82, 2.24) is 15.0 Å². The first-order chi connectivity index (χ1) is 18.0. The summed E-state index contributed by atoms with van der Waals surface area (Å²) in [6, 6.07) is 13.7. The minimum Gasteiger partial charge on any atom is -0.486 e. The van der Waals surface area contributed by atoms with Gasteiger partial charge in [0.2, 0.25) is 10.0 Å². The molecule has 0 saturated carbocycles. The van der Waals surface area contributed by atoms with E-state index in [1.54, 1.807) is 42.7 Å². The monoisotopic (exact) mass is 555 g/mol. The standard InChI is InChI=1S/C27H30ClN5O4S/c1-17(2)15-33(38(4,35)36)21-8-10-30-26(13-21)31-18(3)22-11-19-12-23(28)25(14-24(19)32-27(22)34)37-16-20-7-5-6-9-29-20/h5-14,17-18H,15-16H2,1-4H3,(H,30,31)(H,32,34)/t18-/m0/s1. The van der Waals surface area contributed by atoms with Crippen molar-refractivity contribution >= 4 is 44.0 Å². The van der Waals surface area contributed by atoms with E-state index in [0.29, 0.717) is 39.9 Å². The van der Waals surface area contributed by atoms with Crippen molar-refractivity contribution in [1.29, 1.82) is 0 Å². The Morgan fingerprint density at radius 2 is 1.87 bits per heavy atom. The molecule has 3 aromatic heterocycles. The molecule has 0 spiro atoms. The van der Waals surface area contributed by atoms with Gasteiger partial charge in [-0.25, -0.2) is 13.4 Å². The van der Waals surface area contributed by atoms with Gasteiger partial charge in [0.25, 0.3) is 5.56 Å². The first-order valence-corrected chi connectivity index (χ1v) is 14.3. The van der Waals surface area contributed by atoms with Gasteiger partial charge in [-0.15, -0.1) is 0 Å². The number of hydrogen-bond donors (Lipinski definition) is 2. The fraction of sp³-hybridized carbons (Fsp3) is 0.296. The van der Waals surface area contributed by atoms with Gasteiger partial charge in [0.15, 0.2) is 0 Å². The van der Waals surface area contributed by atoms with E-state index in [1.807, 2.05) is 39.0 Å². The Balaban J connectivity index is 1.57. The molecule has 0 saturated heterocycles. The Kier molecular flexibility index (Phi) is 8.23. The van der Waals surface area contributed by atoms with Gasteiger partial charge in [-0.3, -0.25) is 14.1 Å². The first kappa shape index (κ1) is 27.4. The summed E-state index contributed by atoms with van der Waals surface area (Å²) in [5, 5.41) is 4.36. The van der Waals surface area contributed by atoms with Crippen LogP contribution in [0.2, 0.25) is 5.02 Å². The number of nitrogens with one attached hydrogen (secondary N) is 2. The third-order valence-corrected chi connectivity index (χ3v) is 7.28. The van der Waals surface area contributed by atoms with Crippen LogP contribution in [0.25, 0.3) is 10.9 Å². The van der Waals surface area contributed by atoms with Gasteiger partial charge in [-0.1, -0.05) is 31.5 Å². The number of aromatic amines is 1. The van der Waals surface area contributed by atoms with Crippen LogP contribution in [0.5, 0.6) is 5.75 Å². The Morgan fingerprint density at radius 1 is 1.08 bits per heavy atom. The number of hydrogen-bond acceptors (Lipinski definition) is 7. The number of ether oxygens (including phenoxy) is 1. The molecular formula is C27H30ClN5O4S. The maximum atomic E-state index is 13.0. The van der Waals surface area contributed by atoms with E-state index in [-0.39, 0.29) is 18.1 Å². The summed E-state index contributed by atoms with van der Waals surface area (Å²) in [7, 11) is -3.47. The highest BCUT2D eigenvalue weighted by Gasteiger charge is 2.20. The molecule has 9 nitrogen and oxygen atoms in total. The lowest BCUT2D eigenvalue weighted by atomic mass is 10.1. The molecule has 0 aliphatic heterocycles. The molecule has 0 radical (unpaired) electrons. The zero-order valence-electron chi connectivity index (χ0n) is 21.6. The number of sulfonamides is 1. The highest BCUT2D eigenvalue weighted by Crippen LogP contribution is 2.31. The van der Waals surface area contributed by atoms with Crippen LogP contribution in [0.1, 0.15) is 38.1 Å². The third-order valence-electron chi connectivity index (χ3n) is 5.82. The number of aromatic nitrogens is 3. The molecule has 2 N–H and O–H groups in total. The van der Waals surface area contributed by atoms with E-state index < -0.39 is 16.1 Å². The smallest absolute Gasteiger partial charge is 0.253 e. The summed E-state index contributed by atoms with van der Waals surface area (Å²) in [6.45, 7) is 6.33. The summed E-state index contributed by atoms with van der Waals surface area (Å²) in [5.41, 5.74) is 2.05. The molecule has 4 aromatic rings. The Bertz CT molecular complexity index is 1590. The second-order valence-electron chi connectivity index (χ2n) is 9.49. The summed E-state index contributed by atoms with van der Waals surface area (Å²) in [5.74, 6) is 1.03. The van der Waals surface area contributed by atoms with Crippen molar-refractivity contribution in [2.24, 2.45) is 5.92 Å². The normalized spacial score (nSPS) is 12.5. The lowest BCUT2D eigenvalue weighted by molar-refractivity contribution is 0.302. The van der Waals surface area contributed by atoms with Crippen LogP contribution >= 0.6 is 11.6 Å². The van der Waals surface area contributed by atoms with Crippen LogP contribution in [0, 0.1) is 5.92 Å². The minimum atomic E-state index is -3.47. The molecule has 0 bridgehead atoms. The van der Waals surface area contributed by atoms with E-state index in [9.17, 15) is 13.2 Å². The zero-order chi connectivity index (χ0) is 27.4. The third kappa shape index (κ3) is 6.62. The number of pyridine rings is 3. The van der Waals surface area contributed by atoms with E-state index >= 15 is 0 Å². The predicted octanol–water partition coefficient (Wildman–Crippen LogP) is 5.15. The summed E-state index contributed by atoms with van der Waals surface area (Å²) < 4.78 is 31.9. The van der Waals surface area contributed by atoms with Gasteiger partial charge in [0, 0.05) is 42.0 Å². The molecule has 38 heavy (non-hydrogen) atoms. The number of halogens is 1. The SMILES string of the molecule is CC(C)CN(c1ccnc(N[C@@H](C)c2cc3cc(Cl)c(OCc4ccccn4)cc3[nH]c2=O)c1)S(C)(=O)=O. The van der Waals surface area contributed by atoms with Crippen LogP contribution in [0.4, 0.5) is 11.5 Å². The average molecular weight is 556 g/mol. The number of fused-ring (bicyclic) bond motifs is 1. The van der Waals surface area contributed by atoms with Crippen LogP contribution in [0.15, 0.2) is 65.7 Å². The topological polar surface area (TPSA) is 117 Å². The molecule has 200 valence electrons. The highest BCUT2D eigenvalue weighted by atomic mass is 35.5. The molecule has 1 atom stereocenters. The maximum absolute atomic E-state index is 13.0. The van der Waals surface area contributed by atoms with E-state index in [2.05, 4.69) is 20.3 Å². The van der Waals surface area contributed by atoms with Crippen molar-refractivity contribution in [3.63, 3.8) is 0 Å². The zero-order valence-corrected chi connectivity index (χ0v) is 23.2. The van der Waals surface area contributed by atoms with Gasteiger partial charge in [-0.05, 0) is 43.2 Å². The molecule has 11 heteroatoms. The number of H-pyrrole nitrogens is 1. The van der Waals surface area contributed by atoms with Gasteiger partial charge in [-0.2, -0.15) is 0 Å². The van der Waals surface area contributed by atoms with E-state index in [4.69, 9.17) is 16.3 Å². The van der Waals surface area contributed by atoms with Crippen molar-refractivity contribution in [3.05, 3.63) is 87.6 Å². The molecule has 0 amide bonds. The van der Waals surface area contributed by atoms with Crippen LogP contribution in [0.3, 0.4) is 0 Å². The lowest BCUT2D eigenvalue weighted by Crippen LogP contribution is -2.33. The van der Waals surface area contributed by atoms with Crippen LogP contribution in [-0.4, -0.2) is 36.2 Å². The lowest BCUT2D eigenvalue weighted by Gasteiger charge is -2.25. The number of benzene rings is 1. The van der Waals surface area contributed by atoms with Crippen LogP contribution in [-0.2, 0) is 16.6 Å².